The van der Waals surface area contributed by atoms with Gasteiger partial charge in [-0.3, -0.25) is 14.4 Å². The Morgan fingerprint density at radius 1 is 1.06 bits per heavy atom. The fraction of sp³-hybridized carbons (Fsp3) is 0.606. The first-order valence-electron chi connectivity index (χ1n) is 14.1. The molecule has 3 unspecified atom stereocenters. The summed E-state index contributed by atoms with van der Waals surface area (Å²) in [6, 6.07) is 8.61. The maximum atomic E-state index is 13.3. The van der Waals surface area contributed by atoms with E-state index >= 15 is 0 Å². The summed E-state index contributed by atoms with van der Waals surface area (Å²) in [5.41, 5.74) is 6.17. The lowest BCUT2D eigenvalue weighted by Crippen LogP contribution is -2.27. The monoisotopic (exact) mass is 492 g/mol. The first kappa shape index (κ1) is 29.9. The zero-order valence-electron chi connectivity index (χ0n) is 23.8. The molecule has 3 nitrogen and oxygen atoms in total. The highest BCUT2D eigenvalue weighted by Crippen LogP contribution is 2.36. The Balaban J connectivity index is 2.34. The van der Waals surface area contributed by atoms with E-state index in [0.717, 1.165) is 44.1 Å². The molecular formula is C33H48O3. The quantitative estimate of drug-likeness (QED) is 0.291. The molecule has 0 N–H and O–H groups in total. The van der Waals surface area contributed by atoms with Crippen LogP contribution in [0.2, 0.25) is 0 Å². The second kappa shape index (κ2) is 14.4. The molecule has 0 fully saturated rings. The van der Waals surface area contributed by atoms with Gasteiger partial charge in [0.25, 0.3) is 0 Å². The van der Waals surface area contributed by atoms with E-state index in [-0.39, 0.29) is 35.7 Å². The highest BCUT2D eigenvalue weighted by atomic mass is 16.1. The van der Waals surface area contributed by atoms with Crippen LogP contribution in [0.5, 0.6) is 0 Å². The summed E-state index contributed by atoms with van der Waals surface area (Å²) < 4.78 is 0. The summed E-state index contributed by atoms with van der Waals surface area (Å²) in [6.07, 6.45) is 8.98. The predicted molar refractivity (Wildman–Crippen MR) is 151 cm³/mol. The lowest BCUT2D eigenvalue weighted by molar-refractivity contribution is -0.129. The lowest BCUT2D eigenvalue weighted by atomic mass is 9.74. The lowest BCUT2D eigenvalue weighted by Gasteiger charge is -2.30. The fourth-order valence-electron chi connectivity index (χ4n) is 5.84. The fourth-order valence-corrected chi connectivity index (χ4v) is 5.84. The molecule has 0 heterocycles. The van der Waals surface area contributed by atoms with Crippen LogP contribution in [0.25, 0.3) is 5.57 Å². The minimum absolute atomic E-state index is 0.0360. The highest BCUT2D eigenvalue weighted by Gasteiger charge is 2.30. The van der Waals surface area contributed by atoms with E-state index in [1.54, 1.807) is 0 Å². The minimum Gasteiger partial charge on any atom is -0.300 e. The van der Waals surface area contributed by atoms with Gasteiger partial charge in [-0.2, -0.15) is 0 Å². The van der Waals surface area contributed by atoms with Gasteiger partial charge in [-0.25, -0.2) is 0 Å². The van der Waals surface area contributed by atoms with E-state index in [9.17, 15) is 14.4 Å². The summed E-state index contributed by atoms with van der Waals surface area (Å²) in [6.45, 7) is 14.4. The van der Waals surface area contributed by atoms with E-state index in [1.807, 2.05) is 0 Å². The Labute approximate surface area is 219 Å². The van der Waals surface area contributed by atoms with Crippen LogP contribution in [0.3, 0.4) is 0 Å². The molecular weight excluding hydrogens is 444 g/mol. The molecule has 0 aromatic heterocycles. The number of rotatable bonds is 11. The first-order valence-corrected chi connectivity index (χ1v) is 14.1. The molecule has 2 rings (SSSR count). The predicted octanol–water partition coefficient (Wildman–Crippen LogP) is 8.49. The normalized spacial score (nSPS) is 19.2. The number of carbonyl (C=O) groups is 3. The second-order valence-electron chi connectivity index (χ2n) is 11.4. The van der Waals surface area contributed by atoms with Gasteiger partial charge in [-0.15, -0.1) is 0 Å². The third-order valence-electron chi connectivity index (χ3n) is 7.85. The Morgan fingerprint density at radius 2 is 1.72 bits per heavy atom. The Bertz CT molecular complexity index is 961. The molecule has 3 atom stereocenters. The number of benzene rings is 1. The maximum Gasteiger partial charge on any atom is 0.143 e. The van der Waals surface area contributed by atoms with E-state index in [0.29, 0.717) is 24.5 Å². The van der Waals surface area contributed by atoms with Gasteiger partial charge in [0.1, 0.15) is 17.3 Å². The molecule has 1 aromatic rings. The SMILES string of the molecule is CCCC(CC1CCC(C(C)C)=CC(c2ccc(C)cc2)=C(C)CC(=O)C1)C(CC)C(=O)CC(C)=O. The molecule has 1 aliphatic carbocycles. The van der Waals surface area contributed by atoms with Crippen LogP contribution in [-0.2, 0) is 14.4 Å². The standard InChI is InChI=1S/C33H48O3/c1-8-10-29(31(9-2)33(36)18-25(7)34)19-26-13-16-28(22(3)4)21-32(24(6)17-30(35)20-26)27-14-11-23(5)12-15-27/h11-12,14-15,21-22,26,29,31H,8-10,13,16-20H2,1-7H3. The van der Waals surface area contributed by atoms with E-state index in [1.165, 1.54) is 29.2 Å². The Hall–Kier alpha value is -2.29. The molecule has 0 radical (unpaired) electrons. The van der Waals surface area contributed by atoms with Crippen molar-refractivity contribution >= 4 is 22.9 Å². The van der Waals surface area contributed by atoms with Gasteiger partial charge in [0.15, 0.2) is 0 Å². The number of carbonyl (C=O) groups excluding carboxylic acids is 3. The molecule has 1 aromatic carbocycles. The van der Waals surface area contributed by atoms with Gasteiger partial charge >= 0.3 is 0 Å². The third kappa shape index (κ3) is 8.98. The van der Waals surface area contributed by atoms with Crippen molar-refractivity contribution in [1.29, 1.82) is 0 Å². The topological polar surface area (TPSA) is 51.2 Å². The third-order valence-corrected chi connectivity index (χ3v) is 7.85. The van der Waals surface area contributed by atoms with Crippen LogP contribution in [-0.4, -0.2) is 17.3 Å². The number of hydrogen-bond donors (Lipinski definition) is 0. The van der Waals surface area contributed by atoms with Crippen molar-refractivity contribution in [2.24, 2.45) is 23.7 Å². The van der Waals surface area contributed by atoms with Crippen molar-refractivity contribution in [1.82, 2.24) is 0 Å². The zero-order chi connectivity index (χ0) is 26.8. The molecule has 0 saturated heterocycles. The van der Waals surface area contributed by atoms with Crippen LogP contribution in [0.4, 0.5) is 0 Å². The zero-order valence-corrected chi connectivity index (χ0v) is 23.8. The van der Waals surface area contributed by atoms with E-state index in [2.05, 4.69) is 71.9 Å². The molecule has 1 aliphatic rings. The number of Topliss-reactive ketones (excluding diaryl/α,β-unsaturated/α-hetero) is 3. The number of allylic oxidation sites excluding steroid dienone is 4. The summed E-state index contributed by atoms with van der Waals surface area (Å²) >= 11 is 0. The van der Waals surface area contributed by atoms with Crippen molar-refractivity contribution in [3.63, 3.8) is 0 Å². The van der Waals surface area contributed by atoms with Crippen LogP contribution in [0.15, 0.2) is 41.5 Å². The summed E-state index contributed by atoms with van der Waals surface area (Å²) in [5, 5.41) is 0. The first-order chi connectivity index (χ1) is 17.0. The van der Waals surface area contributed by atoms with Crippen LogP contribution >= 0.6 is 0 Å². The average molecular weight is 493 g/mol. The molecule has 0 saturated carbocycles. The molecule has 0 bridgehead atoms. The summed E-state index contributed by atoms with van der Waals surface area (Å²) in [4.78, 5) is 37.8. The van der Waals surface area contributed by atoms with Crippen molar-refractivity contribution in [3.8, 4) is 0 Å². The van der Waals surface area contributed by atoms with Gasteiger partial charge in [0.2, 0.25) is 0 Å². The maximum absolute atomic E-state index is 13.3. The molecule has 0 spiro atoms. The smallest absolute Gasteiger partial charge is 0.143 e. The molecule has 198 valence electrons. The van der Waals surface area contributed by atoms with Crippen LogP contribution < -0.4 is 0 Å². The van der Waals surface area contributed by atoms with Crippen LogP contribution in [0.1, 0.15) is 110 Å². The van der Waals surface area contributed by atoms with Gasteiger partial charge in [-0.1, -0.05) is 87.6 Å². The van der Waals surface area contributed by atoms with Crippen molar-refractivity contribution in [2.75, 3.05) is 0 Å². The van der Waals surface area contributed by atoms with Crippen molar-refractivity contribution in [2.45, 2.75) is 106 Å². The Morgan fingerprint density at radius 3 is 2.28 bits per heavy atom. The number of hydrogen-bond acceptors (Lipinski definition) is 3. The molecule has 3 heteroatoms. The molecule has 0 amide bonds. The minimum atomic E-state index is -0.0887. The van der Waals surface area contributed by atoms with E-state index < -0.39 is 0 Å². The largest absolute Gasteiger partial charge is 0.300 e. The molecule has 36 heavy (non-hydrogen) atoms. The van der Waals surface area contributed by atoms with Crippen molar-refractivity contribution < 1.29 is 14.4 Å². The van der Waals surface area contributed by atoms with Crippen molar-refractivity contribution in [3.05, 3.63) is 52.6 Å². The number of ketones is 3. The second-order valence-corrected chi connectivity index (χ2v) is 11.4. The van der Waals surface area contributed by atoms with Gasteiger partial charge in [-0.05, 0) is 75.3 Å². The van der Waals surface area contributed by atoms with Gasteiger partial charge < -0.3 is 0 Å². The van der Waals surface area contributed by atoms with Gasteiger partial charge in [0, 0.05) is 18.8 Å². The highest BCUT2D eigenvalue weighted by molar-refractivity contribution is 5.99. The van der Waals surface area contributed by atoms with Gasteiger partial charge in [0.05, 0.1) is 6.42 Å². The average Bonchev–Trinajstić information content (AvgIpc) is 2.79. The Kier molecular flexibility index (Phi) is 12.0. The molecule has 0 aliphatic heterocycles. The summed E-state index contributed by atoms with van der Waals surface area (Å²) in [7, 11) is 0. The number of aryl methyl sites for hydroxylation is 1. The summed E-state index contributed by atoms with van der Waals surface area (Å²) in [5.74, 6) is 1.17. The van der Waals surface area contributed by atoms with Crippen LogP contribution in [0, 0.1) is 30.6 Å². The van der Waals surface area contributed by atoms with E-state index in [4.69, 9.17) is 0 Å².